The molecule has 3 aromatic rings. The number of carboxylic acids is 1. The van der Waals surface area contributed by atoms with Crippen molar-refractivity contribution in [3.63, 3.8) is 0 Å². The highest BCUT2D eigenvalue weighted by Gasteiger charge is 2.58. The quantitative estimate of drug-likeness (QED) is 0.272. The predicted octanol–water partition coefficient (Wildman–Crippen LogP) is 3.55. The topological polar surface area (TPSA) is 129 Å². The minimum Gasteiger partial charge on any atom is -0.481 e. The number of benzene rings is 1. The molecule has 0 amide bonds. The highest BCUT2D eigenvalue weighted by atomic mass is 79.9. The van der Waals surface area contributed by atoms with E-state index in [0.29, 0.717) is 0 Å². The first kappa shape index (κ1) is 27.0. The highest BCUT2D eigenvalue weighted by Crippen LogP contribution is 2.46. The average Bonchev–Trinajstić information content (AvgIpc) is 3.35. The largest absolute Gasteiger partial charge is 0.481 e. The average molecular weight is 617 g/mol. The van der Waals surface area contributed by atoms with E-state index >= 15 is 0 Å². The first-order valence-corrected chi connectivity index (χ1v) is 13.0. The van der Waals surface area contributed by atoms with Crippen molar-refractivity contribution in [1.29, 1.82) is 0 Å². The number of aliphatic carboxylic acids is 1. The molecule has 38 heavy (non-hydrogen) atoms. The molecule has 4 unspecified atom stereocenters. The SMILES string of the molecule is O=C(O)CCCOC1C(n2cc(-c3cc(F)c(F)c(F)c3)nn2)[C@H]2OC(O)C2O[C@@H]1Sc1cncc(Br)c1. The number of aromatic nitrogens is 4. The van der Waals surface area contributed by atoms with Crippen molar-refractivity contribution < 1.29 is 42.4 Å². The summed E-state index contributed by atoms with van der Waals surface area (Å²) >= 11 is 4.65. The second kappa shape index (κ2) is 11.3. The van der Waals surface area contributed by atoms with E-state index in [1.807, 2.05) is 6.07 Å². The van der Waals surface area contributed by atoms with E-state index in [-0.39, 0.29) is 30.7 Å². The van der Waals surface area contributed by atoms with Crippen molar-refractivity contribution in [3.05, 3.63) is 58.7 Å². The maximum atomic E-state index is 13.8. The van der Waals surface area contributed by atoms with E-state index in [1.165, 1.54) is 22.6 Å². The molecule has 5 rings (SSSR count). The van der Waals surface area contributed by atoms with E-state index in [0.717, 1.165) is 21.5 Å². The van der Waals surface area contributed by atoms with E-state index in [1.54, 1.807) is 12.4 Å². The molecule has 0 spiro atoms. The molecule has 15 heteroatoms. The highest BCUT2D eigenvalue weighted by molar-refractivity contribution is 9.10. The Balaban J connectivity index is 1.47. The molecule has 0 radical (unpaired) electrons. The molecule has 2 N–H and O–H groups in total. The second-order valence-corrected chi connectivity index (χ2v) is 10.7. The summed E-state index contributed by atoms with van der Waals surface area (Å²) in [6, 6.07) is 2.71. The molecule has 1 aromatic carbocycles. The van der Waals surface area contributed by atoms with Gasteiger partial charge in [0.25, 0.3) is 0 Å². The lowest BCUT2D eigenvalue weighted by Crippen LogP contribution is -2.67. The first-order chi connectivity index (χ1) is 18.2. The Bertz CT molecular complexity index is 1310. The molecule has 4 heterocycles. The second-order valence-electron chi connectivity index (χ2n) is 8.58. The van der Waals surface area contributed by atoms with Gasteiger partial charge >= 0.3 is 5.97 Å². The molecular formula is C23H20BrF3N4O6S. The fraction of sp³-hybridized carbons (Fsp3) is 0.391. The number of carbonyl (C=O) groups is 1. The maximum absolute atomic E-state index is 13.8. The Hall–Kier alpha value is -2.56. The number of aliphatic hydroxyl groups excluding tert-OH is 1. The minimum absolute atomic E-state index is 0.0316. The van der Waals surface area contributed by atoms with Crippen LogP contribution in [0.15, 0.2) is 46.2 Å². The summed E-state index contributed by atoms with van der Waals surface area (Å²) in [7, 11) is 0. The zero-order chi connectivity index (χ0) is 27.0. The van der Waals surface area contributed by atoms with Crippen molar-refractivity contribution in [1.82, 2.24) is 20.0 Å². The lowest BCUT2D eigenvalue weighted by atomic mass is 9.92. The van der Waals surface area contributed by atoms with Crippen LogP contribution in [0.3, 0.4) is 0 Å². The van der Waals surface area contributed by atoms with Crippen LogP contribution in [0.2, 0.25) is 0 Å². The number of hydrogen-bond donors (Lipinski definition) is 2. The number of carboxylic acid groups (broad SMARTS) is 1. The molecule has 2 aliphatic rings. The van der Waals surface area contributed by atoms with Gasteiger partial charge in [-0.15, -0.1) is 5.10 Å². The minimum atomic E-state index is -1.60. The standard InChI is InChI=1S/C23H20BrF3N4O6S/c24-11-6-12(8-28-7-11)38-23-20(35-3-1-2-16(32)33)18(19-21(37-23)22(34)36-19)31-9-15(29-30-31)10-4-13(25)17(27)14(26)5-10/h4-9,18-23,34H,1-3H2,(H,32,33)/t18?,19-,20?,21?,22?,23-/m1/s1. The molecule has 6 atom stereocenters. The Morgan fingerprint density at radius 1 is 1.16 bits per heavy atom. The summed E-state index contributed by atoms with van der Waals surface area (Å²) in [4.78, 5) is 15.9. The van der Waals surface area contributed by atoms with Crippen LogP contribution in [-0.2, 0) is 19.0 Å². The summed E-state index contributed by atoms with van der Waals surface area (Å²) in [5.74, 6) is -5.31. The number of fused-ring (bicyclic) bond motifs is 1. The number of thioether (sulfide) groups is 1. The number of rotatable bonds is 9. The summed E-state index contributed by atoms with van der Waals surface area (Å²) < 4.78 is 61.0. The fourth-order valence-electron chi connectivity index (χ4n) is 4.25. The summed E-state index contributed by atoms with van der Waals surface area (Å²) in [5, 5.41) is 27.3. The van der Waals surface area contributed by atoms with Crippen LogP contribution in [0.25, 0.3) is 11.3 Å². The van der Waals surface area contributed by atoms with Gasteiger partial charge < -0.3 is 24.4 Å². The van der Waals surface area contributed by atoms with Crippen LogP contribution in [-0.4, -0.2) is 72.8 Å². The smallest absolute Gasteiger partial charge is 0.303 e. The number of pyridine rings is 1. The van der Waals surface area contributed by atoms with Gasteiger partial charge in [-0.25, -0.2) is 17.9 Å². The third-order valence-corrected chi connectivity index (χ3v) is 7.55. The van der Waals surface area contributed by atoms with Gasteiger partial charge in [-0.1, -0.05) is 17.0 Å². The van der Waals surface area contributed by atoms with Crippen LogP contribution < -0.4 is 0 Å². The zero-order valence-corrected chi connectivity index (χ0v) is 21.7. The van der Waals surface area contributed by atoms with Crippen LogP contribution in [0.5, 0.6) is 0 Å². The summed E-state index contributed by atoms with van der Waals surface area (Å²) in [6.07, 6.45) is 1.31. The van der Waals surface area contributed by atoms with E-state index in [4.69, 9.17) is 19.3 Å². The van der Waals surface area contributed by atoms with E-state index in [9.17, 15) is 23.1 Å². The Labute approximate surface area is 226 Å². The first-order valence-electron chi connectivity index (χ1n) is 11.4. The van der Waals surface area contributed by atoms with Crippen LogP contribution >= 0.6 is 27.7 Å². The molecule has 10 nitrogen and oxygen atoms in total. The number of hydrogen-bond acceptors (Lipinski definition) is 9. The van der Waals surface area contributed by atoms with Crippen molar-refractivity contribution in [3.8, 4) is 11.3 Å². The maximum Gasteiger partial charge on any atom is 0.303 e. The van der Waals surface area contributed by atoms with Crippen molar-refractivity contribution >= 4 is 33.7 Å². The van der Waals surface area contributed by atoms with Gasteiger partial charge in [0.1, 0.15) is 35.5 Å². The molecule has 2 saturated heterocycles. The summed E-state index contributed by atoms with van der Waals surface area (Å²) in [6.45, 7) is 0.0699. The van der Waals surface area contributed by atoms with Gasteiger partial charge in [-0.3, -0.25) is 9.78 Å². The molecule has 2 aromatic heterocycles. The number of nitrogens with zero attached hydrogens (tertiary/aromatic N) is 4. The lowest BCUT2D eigenvalue weighted by Gasteiger charge is -2.53. The zero-order valence-electron chi connectivity index (χ0n) is 19.3. The monoisotopic (exact) mass is 616 g/mol. The molecule has 0 aliphatic carbocycles. The molecule has 202 valence electrons. The van der Waals surface area contributed by atoms with Gasteiger partial charge in [0, 0.05) is 40.4 Å². The van der Waals surface area contributed by atoms with Crippen LogP contribution in [0, 0.1) is 17.5 Å². The van der Waals surface area contributed by atoms with Crippen LogP contribution in [0.1, 0.15) is 18.9 Å². The normalized spacial score (nSPS) is 26.6. The molecule has 0 saturated carbocycles. The van der Waals surface area contributed by atoms with Crippen LogP contribution in [0.4, 0.5) is 13.2 Å². The Morgan fingerprint density at radius 2 is 1.92 bits per heavy atom. The van der Waals surface area contributed by atoms with E-state index < -0.39 is 59.5 Å². The van der Waals surface area contributed by atoms with Gasteiger partial charge in [0.2, 0.25) is 0 Å². The Kier molecular flexibility index (Phi) is 8.02. The van der Waals surface area contributed by atoms with Crippen molar-refractivity contribution in [2.45, 2.75) is 53.8 Å². The third kappa shape index (κ3) is 5.58. The van der Waals surface area contributed by atoms with E-state index in [2.05, 4.69) is 31.2 Å². The lowest BCUT2D eigenvalue weighted by molar-refractivity contribution is -0.364. The van der Waals surface area contributed by atoms with Crippen molar-refractivity contribution in [2.75, 3.05) is 6.61 Å². The number of ether oxygens (including phenoxy) is 3. The fourth-order valence-corrected chi connectivity index (χ4v) is 5.91. The van der Waals surface area contributed by atoms with Crippen molar-refractivity contribution in [2.24, 2.45) is 0 Å². The predicted molar refractivity (Wildman–Crippen MR) is 128 cm³/mol. The molecule has 2 fully saturated rings. The molecule has 0 bridgehead atoms. The summed E-state index contributed by atoms with van der Waals surface area (Å²) in [5.41, 5.74) is -0.680. The van der Waals surface area contributed by atoms with Gasteiger partial charge in [-0.05, 0) is 40.5 Å². The third-order valence-electron chi connectivity index (χ3n) is 6.01. The Morgan fingerprint density at radius 3 is 2.61 bits per heavy atom. The molecule has 2 aliphatic heterocycles. The molecular weight excluding hydrogens is 597 g/mol. The van der Waals surface area contributed by atoms with Gasteiger partial charge in [0.05, 0.1) is 6.20 Å². The number of aliphatic hydroxyl groups is 1. The number of halogens is 4. The van der Waals surface area contributed by atoms with Gasteiger partial charge in [-0.2, -0.15) is 0 Å². The van der Waals surface area contributed by atoms with Gasteiger partial charge in [0.15, 0.2) is 23.7 Å².